The molecule has 102 valence electrons. The molecule has 1 atom stereocenters. The second-order valence-electron chi connectivity index (χ2n) is 4.73. The van der Waals surface area contributed by atoms with Crippen molar-refractivity contribution in [1.29, 1.82) is 0 Å². The zero-order valence-electron chi connectivity index (χ0n) is 10.5. The maximum Gasteiger partial charge on any atom is 0.252 e. The largest absolute Gasteiger partial charge is 0.346 e. The molecule has 1 aliphatic rings. The van der Waals surface area contributed by atoms with E-state index < -0.39 is 10.0 Å². The molecule has 0 bridgehead atoms. The van der Waals surface area contributed by atoms with Gasteiger partial charge in [0.2, 0.25) is 0 Å². The summed E-state index contributed by atoms with van der Waals surface area (Å²) in [5.74, 6) is 1.06. The first-order valence-electron chi connectivity index (χ1n) is 6.12. The van der Waals surface area contributed by atoms with E-state index in [1.54, 1.807) is 28.0 Å². The second-order valence-corrected chi connectivity index (χ2v) is 7.84. The quantitative estimate of drug-likeness (QED) is 0.941. The molecule has 5 nitrogen and oxygen atoms in total. The molecule has 1 saturated heterocycles. The van der Waals surface area contributed by atoms with Crippen molar-refractivity contribution >= 4 is 21.4 Å². The van der Waals surface area contributed by atoms with E-state index in [1.165, 1.54) is 11.3 Å². The Hall–Kier alpha value is -1.18. The molecule has 0 spiro atoms. The van der Waals surface area contributed by atoms with E-state index in [2.05, 4.69) is 9.97 Å². The first-order valence-corrected chi connectivity index (χ1v) is 8.44. The van der Waals surface area contributed by atoms with E-state index in [1.807, 2.05) is 6.92 Å². The van der Waals surface area contributed by atoms with Gasteiger partial charge in [0.25, 0.3) is 10.0 Å². The first kappa shape index (κ1) is 12.8. The number of sulfonamides is 1. The summed E-state index contributed by atoms with van der Waals surface area (Å²) in [6.07, 6.45) is 2.60. The minimum absolute atomic E-state index is 0.170. The highest BCUT2D eigenvalue weighted by Gasteiger charge is 2.34. The van der Waals surface area contributed by atoms with E-state index >= 15 is 0 Å². The average molecular weight is 297 g/mol. The van der Waals surface area contributed by atoms with Gasteiger partial charge in [-0.1, -0.05) is 6.07 Å². The van der Waals surface area contributed by atoms with Gasteiger partial charge in [-0.05, 0) is 24.8 Å². The summed E-state index contributed by atoms with van der Waals surface area (Å²) in [5.41, 5.74) is 1.01. The molecule has 0 aliphatic carbocycles. The van der Waals surface area contributed by atoms with Crippen LogP contribution in [0.3, 0.4) is 0 Å². The Morgan fingerprint density at radius 1 is 1.53 bits per heavy atom. The average Bonchev–Trinajstić information content (AvgIpc) is 3.10. The van der Waals surface area contributed by atoms with Crippen molar-refractivity contribution in [1.82, 2.24) is 14.3 Å². The molecule has 7 heteroatoms. The Kier molecular flexibility index (Phi) is 3.20. The maximum absolute atomic E-state index is 12.4. The number of rotatable bonds is 3. The number of hydrogen-bond acceptors (Lipinski definition) is 4. The molecule has 0 radical (unpaired) electrons. The Morgan fingerprint density at radius 3 is 3.00 bits per heavy atom. The Morgan fingerprint density at radius 2 is 2.37 bits per heavy atom. The van der Waals surface area contributed by atoms with Crippen LogP contribution in [0.4, 0.5) is 0 Å². The Labute approximate surface area is 116 Å². The van der Waals surface area contributed by atoms with Gasteiger partial charge in [-0.2, -0.15) is 4.31 Å². The van der Waals surface area contributed by atoms with Crippen LogP contribution in [-0.2, 0) is 10.0 Å². The zero-order valence-corrected chi connectivity index (χ0v) is 12.2. The Balaban J connectivity index is 1.79. The molecule has 0 aromatic carbocycles. The monoisotopic (exact) mass is 297 g/mol. The van der Waals surface area contributed by atoms with E-state index in [0.717, 1.165) is 17.9 Å². The van der Waals surface area contributed by atoms with Crippen molar-refractivity contribution in [2.75, 3.05) is 13.1 Å². The van der Waals surface area contributed by atoms with Crippen molar-refractivity contribution in [3.63, 3.8) is 0 Å². The maximum atomic E-state index is 12.4. The number of aromatic amines is 1. The fourth-order valence-corrected chi connectivity index (χ4v) is 4.99. The number of nitrogens with zero attached hydrogens (tertiary/aromatic N) is 2. The molecular weight excluding hydrogens is 282 g/mol. The lowest BCUT2D eigenvalue weighted by atomic mass is 10.1. The summed E-state index contributed by atoms with van der Waals surface area (Å²) in [7, 11) is -3.32. The van der Waals surface area contributed by atoms with Crippen molar-refractivity contribution in [3.8, 4) is 0 Å². The lowest BCUT2D eigenvalue weighted by Gasteiger charge is -2.14. The summed E-state index contributed by atoms with van der Waals surface area (Å²) in [6, 6.07) is 3.42. The third-order valence-corrected chi connectivity index (χ3v) is 6.59. The molecular formula is C12H15N3O2S2. The number of hydrogen-bond donors (Lipinski definition) is 1. The normalized spacial score (nSPS) is 21.0. The van der Waals surface area contributed by atoms with Gasteiger partial charge in [-0.25, -0.2) is 13.4 Å². The summed E-state index contributed by atoms with van der Waals surface area (Å²) in [6.45, 7) is 3.02. The summed E-state index contributed by atoms with van der Waals surface area (Å²) in [5, 5.41) is 1.79. The molecule has 2 aromatic rings. The van der Waals surface area contributed by atoms with Gasteiger partial charge in [0, 0.05) is 30.9 Å². The highest BCUT2D eigenvalue weighted by Crippen LogP contribution is 2.30. The molecule has 3 rings (SSSR count). The third kappa shape index (κ3) is 2.33. The Bertz CT molecular complexity index is 661. The van der Waals surface area contributed by atoms with Crippen molar-refractivity contribution < 1.29 is 8.42 Å². The molecule has 1 aliphatic heterocycles. The number of H-pyrrole nitrogens is 1. The number of aromatic nitrogens is 2. The summed E-state index contributed by atoms with van der Waals surface area (Å²) in [4.78, 5) is 7.50. The minimum Gasteiger partial charge on any atom is -0.346 e. The predicted octanol–water partition coefficient (Wildman–Crippen LogP) is 1.96. The van der Waals surface area contributed by atoms with Gasteiger partial charge in [0.1, 0.15) is 10.0 Å². The van der Waals surface area contributed by atoms with Crippen LogP contribution >= 0.6 is 11.3 Å². The van der Waals surface area contributed by atoms with Crippen LogP contribution in [0.25, 0.3) is 0 Å². The lowest BCUT2D eigenvalue weighted by molar-refractivity contribution is 0.473. The fraction of sp³-hybridized carbons (Fsp3) is 0.417. The number of aryl methyl sites for hydroxylation is 1. The predicted molar refractivity (Wildman–Crippen MR) is 73.8 cm³/mol. The smallest absolute Gasteiger partial charge is 0.252 e. The number of nitrogens with one attached hydrogen (secondary N) is 1. The lowest BCUT2D eigenvalue weighted by Crippen LogP contribution is -2.28. The van der Waals surface area contributed by atoms with Gasteiger partial charge in [-0.3, -0.25) is 0 Å². The van der Waals surface area contributed by atoms with E-state index in [0.29, 0.717) is 17.3 Å². The number of thiophene rings is 1. The molecule has 19 heavy (non-hydrogen) atoms. The summed E-state index contributed by atoms with van der Waals surface area (Å²) >= 11 is 1.26. The van der Waals surface area contributed by atoms with Crippen molar-refractivity contribution in [2.45, 2.75) is 23.5 Å². The molecule has 1 N–H and O–H groups in total. The minimum atomic E-state index is -3.32. The van der Waals surface area contributed by atoms with Gasteiger partial charge in [0.05, 0.1) is 0 Å². The van der Waals surface area contributed by atoms with E-state index in [-0.39, 0.29) is 5.92 Å². The van der Waals surface area contributed by atoms with E-state index in [4.69, 9.17) is 0 Å². The SMILES string of the molecule is Cc1cnc([C@H]2CCN(S(=O)(=O)c3cccs3)C2)[nH]1. The topological polar surface area (TPSA) is 66.1 Å². The van der Waals surface area contributed by atoms with Crippen LogP contribution in [-0.4, -0.2) is 35.8 Å². The van der Waals surface area contributed by atoms with Gasteiger partial charge in [0.15, 0.2) is 0 Å². The van der Waals surface area contributed by atoms with Crippen LogP contribution in [0.1, 0.15) is 23.9 Å². The number of imidazole rings is 1. The highest BCUT2D eigenvalue weighted by molar-refractivity contribution is 7.91. The van der Waals surface area contributed by atoms with E-state index in [9.17, 15) is 8.42 Å². The third-order valence-electron chi connectivity index (χ3n) is 3.35. The van der Waals surface area contributed by atoms with Gasteiger partial charge >= 0.3 is 0 Å². The zero-order chi connectivity index (χ0) is 13.5. The molecule has 2 aromatic heterocycles. The second kappa shape index (κ2) is 4.73. The summed E-state index contributed by atoms with van der Waals surface area (Å²) < 4.78 is 26.7. The van der Waals surface area contributed by atoms with Crippen LogP contribution in [0, 0.1) is 6.92 Å². The van der Waals surface area contributed by atoms with Crippen LogP contribution in [0.15, 0.2) is 27.9 Å². The van der Waals surface area contributed by atoms with Crippen LogP contribution in [0.5, 0.6) is 0 Å². The standard InChI is InChI=1S/C12H15N3O2S2/c1-9-7-13-12(14-9)10-4-5-15(8-10)19(16,17)11-3-2-6-18-11/h2-3,6-7,10H,4-5,8H2,1H3,(H,13,14)/t10-/m0/s1. The first-order chi connectivity index (χ1) is 9.07. The van der Waals surface area contributed by atoms with Gasteiger partial charge < -0.3 is 4.98 Å². The molecule has 3 heterocycles. The molecule has 0 amide bonds. The molecule has 0 saturated carbocycles. The molecule has 1 fully saturated rings. The van der Waals surface area contributed by atoms with Crippen molar-refractivity contribution in [2.24, 2.45) is 0 Å². The van der Waals surface area contributed by atoms with Crippen LogP contribution < -0.4 is 0 Å². The fourth-order valence-electron chi connectivity index (χ4n) is 2.35. The highest BCUT2D eigenvalue weighted by atomic mass is 32.2. The molecule has 0 unspecified atom stereocenters. The van der Waals surface area contributed by atoms with Gasteiger partial charge in [-0.15, -0.1) is 11.3 Å². The van der Waals surface area contributed by atoms with Crippen LogP contribution in [0.2, 0.25) is 0 Å². The van der Waals surface area contributed by atoms with Crippen molar-refractivity contribution in [3.05, 3.63) is 35.2 Å².